The molecule has 1 aliphatic heterocycles. The van der Waals surface area contributed by atoms with E-state index in [4.69, 9.17) is 4.74 Å². The molecule has 0 bridgehead atoms. The molecular weight excluding hydrogens is 292 g/mol. The summed E-state index contributed by atoms with van der Waals surface area (Å²) in [5.74, 6) is -0.0243. The van der Waals surface area contributed by atoms with Crippen LogP contribution in [0.1, 0.15) is 42.5 Å². The van der Waals surface area contributed by atoms with Crippen molar-refractivity contribution in [3.05, 3.63) is 23.8 Å². The third-order valence-corrected chi connectivity index (χ3v) is 3.77. The van der Waals surface area contributed by atoms with Crippen molar-refractivity contribution in [2.24, 2.45) is 0 Å². The predicted molar refractivity (Wildman–Crippen MR) is 78.6 cm³/mol. The second-order valence-electron chi connectivity index (χ2n) is 5.30. The monoisotopic (exact) mass is 313 g/mol. The summed E-state index contributed by atoms with van der Waals surface area (Å²) in [6.07, 6.45) is 5.48. The van der Waals surface area contributed by atoms with Gasteiger partial charge in [-0.3, -0.25) is 4.79 Å². The Bertz CT molecular complexity index is 500. The van der Waals surface area contributed by atoms with E-state index in [1.54, 1.807) is 0 Å². The van der Waals surface area contributed by atoms with Crippen molar-refractivity contribution in [2.45, 2.75) is 38.7 Å². The van der Waals surface area contributed by atoms with Crippen LogP contribution in [0.25, 0.3) is 0 Å². The Kier molecular flexibility index (Phi) is 5.98. The molecule has 1 saturated heterocycles. The number of likely N-dealkylation sites (tertiary alicyclic amines) is 1. The minimum atomic E-state index is -2.93. The average molecular weight is 313 g/mol. The van der Waals surface area contributed by atoms with Gasteiger partial charge in [-0.2, -0.15) is 8.78 Å². The minimum absolute atomic E-state index is 0.0679. The quantitative estimate of drug-likeness (QED) is 0.850. The number of hydrogen-bond acceptors (Lipinski definition) is 3. The Morgan fingerprint density at radius 1 is 1.09 bits per heavy atom. The van der Waals surface area contributed by atoms with Gasteiger partial charge in [-0.15, -0.1) is 0 Å². The molecule has 1 amide bonds. The lowest BCUT2D eigenvalue weighted by molar-refractivity contribution is -0.0512. The van der Waals surface area contributed by atoms with Crippen LogP contribution in [0.3, 0.4) is 0 Å². The lowest BCUT2D eigenvalue weighted by Crippen LogP contribution is -2.33. The van der Waals surface area contributed by atoms with Crippen LogP contribution in [0, 0.1) is 0 Å². The van der Waals surface area contributed by atoms with E-state index < -0.39 is 6.61 Å². The van der Waals surface area contributed by atoms with E-state index >= 15 is 0 Å². The van der Waals surface area contributed by atoms with Crippen LogP contribution >= 0.6 is 0 Å². The lowest BCUT2D eigenvalue weighted by atomic mass is 10.1. The molecule has 1 aromatic rings. The highest BCUT2D eigenvalue weighted by molar-refractivity contribution is 5.95. The summed E-state index contributed by atoms with van der Waals surface area (Å²) < 4.78 is 34.0. The number of ether oxygens (including phenoxy) is 2. The summed E-state index contributed by atoms with van der Waals surface area (Å²) in [6, 6.07) is 4.31. The zero-order valence-corrected chi connectivity index (χ0v) is 12.7. The molecule has 2 rings (SSSR count). The maximum atomic E-state index is 12.5. The Morgan fingerprint density at radius 3 is 2.32 bits per heavy atom. The van der Waals surface area contributed by atoms with Crippen LogP contribution in [-0.2, 0) is 0 Å². The summed E-state index contributed by atoms with van der Waals surface area (Å²) in [5, 5.41) is 0. The first kappa shape index (κ1) is 16.5. The fourth-order valence-electron chi connectivity index (χ4n) is 2.63. The van der Waals surface area contributed by atoms with Gasteiger partial charge in [0.05, 0.1) is 7.11 Å². The predicted octanol–water partition coefficient (Wildman–Crippen LogP) is 3.70. The first-order chi connectivity index (χ1) is 10.6. The van der Waals surface area contributed by atoms with Crippen molar-refractivity contribution in [1.82, 2.24) is 4.90 Å². The summed E-state index contributed by atoms with van der Waals surface area (Å²) in [6.45, 7) is -1.46. The van der Waals surface area contributed by atoms with Crippen LogP contribution in [-0.4, -0.2) is 37.6 Å². The average Bonchev–Trinajstić information content (AvgIpc) is 2.46. The highest BCUT2D eigenvalue weighted by atomic mass is 19.3. The Labute approximate surface area is 129 Å². The van der Waals surface area contributed by atoms with E-state index in [0.717, 1.165) is 38.8 Å². The minimum Gasteiger partial charge on any atom is -0.493 e. The van der Waals surface area contributed by atoms with Crippen LogP contribution in [0.2, 0.25) is 0 Å². The van der Waals surface area contributed by atoms with Gasteiger partial charge in [0.1, 0.15) is 0 Å². The van der Waals surface area contributed by atoms with Crippen molar-refractivity contribution in [3.8, 4) is 11.5 Å². The Hall–Kier alpha value is -1.85. The largest absolute Gasteiger partial charge is 0.493 e. The van der Waals surface area contributed by atoms with Crippen LogP contribution in [0.5, 0.6) is 11.5 Å². The van der Waals surface area contributed by atoms with Crippen molar-refractivity contribution in [2.75, 3.05) is 20.2 Å². The smallest absolute Gasteiger partial charge is 0.387 e. The van der Waals surface area contributed by atoms with Gasteiger partial charge in [0.15, 0.2) is 11.5 Å². The number of carbonyl (C=O) groups is 1. The molecule has 0 spiro atoms. The molecule has 0 unspecified atom stereocenters. The molecule has 0 aromatic heterocycles. The standard InChI is InChI=1S/C16H21F2NO3/c1-21-14-11-12(7-8-13(14)22-16(17)18)15(20)19-9-5-3-2-4-6-10-19/h7-8,11,16H,2-6,9-10H2,1H3. The summed E-state index contributed by atoms with van der Waals surface area (Å²) in [5.41, 5.74) is 0.430. The number of nitrogens with zero attached hydrogens (tertiary/aromatic N) is 1. The number of rotatable bonds is 4. The van der Waals surface area contributed by atoms with E-state index in [2.05, 4.69) is 4.74 Å². The third kappa shape index (κ3) is 4.32. The molecule has 0 radical (unpaired) electrons. The number of carbonyl (C=O) groups excluding carboxylic acids is 1. The molecule has 1 aromatic carbocycles. The SMILES string of the molecule is COc1cc(C(=O)N2CCCCCCC2)ccc1OC(F)F. The molecule has 0 atom stereocenters. The molecular formula is C16H21F2NO3. The summed E-state index contributed by atoms with van der Waals surface area (Å²) >= 11 is 0. The first-order valence-electron chi connectivity index (χ1n) is 7.54. The number of halogens is 2. The fourth-order valence-corrected chi connectivity index (χ4v) is 2.63. The molecule has 1 heterocycles. The van der Waals surface area contributed by atoms with Crippen LogP contribution in [0.4, 0.5) is 8.78 Å². The zero-order valence-electron chi connectivity index (χ0n) is 12.7. The molecule has 0 saturated carbocycles. The van der Waals surface area contributed by atoms with Crippen molar-refractivity contribution in [3.63, 3.8) is 0 Å². The van der Waals surface area contributed by atoms with E-state index in [9.17, 15) is 13.6 Å². The molecule has 4 nitrogen and oxygen atoms in total. The maximum absolute atomic E-state index is 12.5. The first-order valence-corrected chi connectivity index (χ1v) is 7.54. The van der Waals surface area contributed by atoms with E-state index in [-0.39, 0.29) is 17.4 Å². The molecule has 1 aliphatic rings. The normalized spacial score (nSPS) is 16.1. The topological polar surface area (TPSA) is 38.8 Å². The Morgan fingerprint density at radius 2 is 1.73 bits per heavy atom. The summed E-state index contributed by atoms with van der Waals surface area (Å²) in [7, 11) is 1.36. The van der Waals surface area contributed by atoms with Gasteiger partial charge in [-0.1, -0.05) is 19.3 Å². The lowest BCUT2D eigenvalue weighted by Gasteiger charge is -2.25. The highest BCUT2D eigenvalue weighted by Gasteiger charge is 2.19. The molecule has 122 valence electrons. The van der Waals surface area contributed by atoms with Gasteiger partial charge in [0.2, 0.25) is 0 Å². The number of benzene rings is 1. The maximum Gasteiger partial charge on any atom is 0.387 e. The molecule has 0 N–H and O–H groups in total. The number of hydrogen-bond donors (Lipinski definition) is 0. The van der Waals surface area contributed by atoms with Crippen molar-refractivity contribution >= 4 is 5.91 Å². The van der Waals surface area contributed by atoms with Gasteiger partial charge in [-0.25, -0.2) is 0 Å². The molecule has 1 fully saturated rings. The number of alkyl halides is 2. The van der Waals surface area contributed by atoms with Gasteiger partial charge < -0.3 is 14.4 Å². The summed E-state index contributed by atoms with van der Waals surface area (Å²) in [4.78, 5) is 14.4. The third-order valence-electron chi connectivity index (χ3n) is 3.77. The van der Waals surface area contributed by atoms with Gasteiger partial charge in [0.25, 0.3) is 5.91 Å². The van der Waals surface area contributed by atoms with Crippen molar-refractivity contribution < 1.29 is 23.0 Å². The highest BCUT2D eigenvalue weighted by Crippen LogP contribution is 2.30. The number of methoxy groups -OCH3 is 1. The Balaban J connectivity index is 2.14. The number of amides is 1. The van der Waals surface area contributed by atoms with Crippen molar-refractivity contribution in [1.29, 1.82) is 0 Å². The second kappa shape index (κ2) is 7.96. The molecule has 22 heavy (non-hydrogen) atoms. The van der Waals surface area contributed by atoms with E-state index in [1.807, 2.05) is 4.90 Å². The van der Waals surface area contributed by atoms with Crippen LogP contribution in [0.15, 0.2) is 18.2 Å². The van der Waals surface area contributed by atoms with E-state index in [0.29, 0.717) is 5.56 Å². The van der Waals surface area contributed by atoms with Crippen LogP contribution < -0.4 is 9.47 Å². The molecule has 0 aliphatic carbocycles. The second-order valence-corrected chi connectivity index (χ2v) is 5.30. The fraction of sp³-hybridized carbons (Fsp3) is 0.562. The van der Waals surface area contributed by atoms with Gasteiger partial charge in [-0.05, 0) is 31.0 Å². The van der Waals surface area contributed by atoms with E-state index in [1.165, 1.54) is 31.7 Å². The zero-order chi connectivity index (χ0) is 15.9. The molecule has 6 heteroatoms. The van der Waals surface area contributed by atoms with Gasteiger partial charge >= 0.3 is 6.61 Å². The van der Waals surface area contributed by atoms with Gasteiger partial charge in [0, 0.05) is 18.7 Å².